The minimum Gasteiger partial charge on any atom is -0.389 e. The van der Waals surface area contributed by atoms with E-state index >= 15 is 0 Å². The SMILES string of the molecule is Cl.Cl.Cl.O=C(C1CC1)C(c1ccccc1F)N1CCC(O)/C(=C\CN2CCNCC2)C1. The smallest absolute Gasteiger partial charge is 0.157 e. The Balaban J connectivity index is 0.00000160. The molecule has 1 aliphatic carbocycles. The molecule has 0 amide bonds. The fourth-order valence-electron chi connectivity index (χ4n) is 4.27. The van der Waals surface area contributed by atoms with E-state index in [1.807, 2.05) is 0 Å². The normalized spacial score (nSPS) is 24.5. The highest BCUT2D eigenvalue weighted by molar-refractivity contribution is 5.89. The first-order valence-electron chi connectivity index (χ1n) is 10.5. The van der Waals surface area contributed by atoms with Gasteiger partial charge in [0.25, 0.3) is 0 Å². The average molecular weight is 497 g/mol. The third kappa shape index (κ3) is 7.13. The molecule has 31 heavy (non-hydrogen) atoms. The Hall–Kier alpha value is -0.730. The number of nitrogens with zero attached hydrogens (tertiary/aromatic N) is 2. The van der Waals surface area contributed by atoms with Crippen molar-refractivity contribution in [3.63, 3.8) is 0 Å². The third-order valence-electron chi connectivity index (χ3n) is 6.14. The molecule has 9 heteroatoms. The van der Waals surface area contributed by atoms with Crippen LogP contribution >= 0.6 is 37.2 Å². The highest BCUT2D eigenvalue weighted by Gasteiger charge is 2.40. The summed E-state index contributed by atoms with van der Waals surface area (Å²) in [6.45, 7) is 5.91. The third-order valence-corrected chi connectivity index (χ3v) is 6.14. The summed E-state index contributed by atoms with van der Waals surface area (Å²) in [4.78, 5) is 17.5. The second kappa shape index (κ2) is 13.1. The number of hydrogen-bond acceptors (Lipinski definition) is 5. The van der Waals surface area contributed by atoms with Crippen molar-refractivity contribution in [2.24, 2.45) is 5.92 Å². The van der Waals surface area contributed by atoms with Gasteiger partial charge in [-0.05, 0) is 30.9 Å². The van der Waals surface area contributed by atoms with Crippen molar-refractivity contribution < 1.29 is 14.3 Å². The molecule has 0 bridgehead atoms. The minimum atomic E-state index is -0.552. The van der Waals surface area contributed by atoms with Gasteiger partial charge in [0, 0.05) is 57.3 Å². The topological polar surface area (TPSA) is 55.8 Å². The predicted molar refractivity (Wildman–Crippen MR) is 128 cm³/mol. The maximum Gasteiger partial charge on any atom is 0.157 e. The van der Waals surface area contributed by atoms with Crippen LogP contribution in [0, 0.1) is 11.7 Å². The second-order valence-electron chi connectivity index (χ2n) is 8.21. The molecule has 2 heterocycles. The van der Waals surface area contributed by atoms with Crippen LogP contribution in [0.5, 0.6) is 0 Å². The first-order valence-corrected chi connectivity index (χ1v) is 10.5. The molecule has 1 saturated carbocycles. The lowest BCUT2D eigenvalue weighted by Crippen LogP contribution is -2.45. The van der Waals surface area contributed by atoms with Crippen LogP contribution in [-0.2, 0) is 4.79 Å². The first-order chi connectivity index (χ1) is 13.6. The number of aliphatic hydroxyl groups is 1. The molecule has 0 aromatic heterocycles. The van der Waals surface area contributed by atoms with E-state index in [0.717, 1.165) is 51.1 Å². The summed E-state index contributed by atoms with van der Waals surface area (Å²) in [6, 6.07) is 6.07. The lowest BCUT2D eigenvalue weighted by Gasteiger charge is -2.38. The summed E-state index contributed by atoms with van der Waals surface area (Å²) in [5, 5.41) is 13.8. The largest absolute Gasteiger partial charge is 0.389 e. The lowest BCUT2D eigenvalue weighted by molar-refractivity contribution is -0.126. The van der Waals surface area contributed by atoms with Gasteiger partial charge in [-0.1, -0.05) is 24.3 Å². The van der Waals surface area contributed by atoms with Crippen molar-refractivity contribution in [3.8, 4) is 0 Å². The van der Waals surface area contributed by atoms with Crippen LogP contribution in [0.4, 0.5) is 4.39 Å². The van der Waals surface area contributed by atoms with Crippen LogP contribution < -0.4 is 5.32 Å². The number of likely N-dealkylation sites (tertiary alicyclic amines) is 1. The summed E-state index contributed by atoms with van der Waals surface area (Å²) in [6.07, 6.45) is 4.03. The molecular formula is C22H33Cl3FN3O2. The van der Waals surface area contributed by atoms with E-state index in [2.05, 4.69) is 21.2 Å². The number of rotatable bonds is 6. The number of aliphatic hydroxyl groups excluding tert-OH is 1. The Morgan fingerprint density at radius 2 is 1.81 bits per heavy atom. The summed E-state index contributed by atoms with van der Waals surface area (Å²) in [5.41, 5.74) is 1.42. The standard InChI is InChI=1S/C22H30FN3O2.3ClH/c23-19-4-2-1-3-18(19)21(22(28)16-5-6-16)26-12-8-20(27)17(15-26)7-11-25-13-9-24-10-14-25;;;/h1-4,7,16,20-21,24,27H,5-6,8-15H2;3*1H/b17-7-;;;. The van der Waals surface area contributed by atoms with Gasteiger partial charge in [-0.15, -0.1) is 37.2 Å². The van der Waals surface area contributed by atoms with Gasteiger partial charge >= 0.3 is 0 Å². The molecule has 2 atom stereocenters. The van der Waals surface area contributed by atoms with Crippen LogP contribution in [0.15, 0.2) is 35.9 Å². The van der Waals surface area contributed by atoms with Crippen molar-refractivity contribution >= 4 is 43.0 Å². The Morgan fingerprint density at radius 1 is 1.13 bits per heavy atom. The van der Waals surface area contributed by atoms with E-state index in [1.165, 1.54) is 6.07 Å². The van der Waals surface area contributed by atoms with Crippen molar-refractivity contribution in [3.05, 3.63) is 47.3 Å². The van der Waals surface area contributed by atoms with Gasteiger partial charge in [0.15, 0.2) is 5.78 Å². The molecule has 4 rings (SSSR count). The van der Waals surface area contributed by atoms with E-state index in [9.17, 15) is 14.3 Å². The van der Waals surface area contributed by atoms with E-state index in [-0.39, 0.29) is 54.7 Å². The van der Waals surface area contributed by atoms with E-state index in [1.54, 1.807) is 18.2 Å². The predicted octanol–water partition coefficient (Wildman–Crippen LogP) is 3.01. The molecule has 0 spiro atoms. The van der Waals surface area contributed by atoms with Gasteiger partial charge in [0.1, 0.15) is 5.82 Å². The molecule has 2 N–H and O–H groups in total. The van der Waals surface area contributed by atoms with Crippen LogP contribution in [0.3, 0.4) is 0 Å². The highest BCUT2D eigenvalue weighted by atomic mass is 35.5. The van der Waals surface area contributed by atoms with Gasteiger partial charge in [0.2, 0.25) is 0 Å². The average Bonchev–Trinajstić information content (AvgIpc) is 3.56. The molecule has 3 fully saturated rings. The number of piperazine rings is 1. The number of hydrogen-bond donors (Lipinski definition) is 2. The molecule has 176 valence electrons. The van der Waals surface area contributed by atoms with Crippen molar-refractivity contribution in [1.82, 2.24) is 15.1 Å². The van der Waals surface area contributed by atoms with Crippen LogP contribution in [0.2, 0.25) is 0 Å². The number of carbonyl (C=O) groups excluding carboxylic acids is 1. The lowest BCUT2D eigenvalue weighted by atomic mass is 9.92. The maximum atomic E-state index is 14.5. The molecule has 5 nitrogen and oxygen atoms in total. The number of carbonyl (C=O) groups is 1. The van der Waals surface area contributed by atoms with Crippen molar-refractivity contribution in [2.45, 2.75) is 31.4 Å². The molecule has 2 unspecified atom stereocenters. The number of piperidine rings is 1. The number of ketones is 1. The molecule has 1 aromatic carbocycles. The van der Waals surface area contributed by atoms with Crippen LogP contribution in [0.1, 0.15) is 30.9 Å². The monoisotopic (exact) mass is 495 g/mol. The van der Waals surface area contributed by atoms with Crippen LogP contribution in [-0.4, -0.2) is 72.6 Å². The van der Waals surface area contributed by atoms with E-state index in [0.29, 0.717) is 25.1 Å². The fourth-order valence-corrected chi connectivity index (χ4v) is 4.27. The van der Waals surface area contributed by atoms with E-state index < -0.39 is 12.1 Å². The quantitative estimate of drug-likeness (QED) is 0.593. The molecule has 2 aliphatic heterocycles. The second-order valence-corrected chi connectivity index (χ2v) is 8.21. The van der Waals surface area contributed by atoms with Gasteiger partial charge in [0.05, 0.1) is 12.1 Å². The van der Waals surface area contributed by atoms with E-state index in [4.69, 9.17) is 0 Å². The zero-order chi connectivity index (χ0) is 19.5. The summed E-state index contributed by atoms with van der Waals surface area (Å²) < 4.78 is 14.5. The molecule has 3 aliphatic rings. The highest BCUT2D eigenvalue weighted by Crippen LogP contribution is 2.39. The number of Topliss-reactive ketones (excluding diaryl/α,β-unsaturated/α-hetero) is 1. The van der Waals surface area contributed by atoms with Gasteiger partial charge in [-0.25, -0.2) is 4.39 Å². The number of benzene rings is 1. The fraction of sp³-hybridized carbons (Fsp3) is 0.591. The zero-order valence-electron chi connectivity index (χ0n) is 17.5. The Bertz CT molecular complexity index is 742. The number of halogens is 4. The first kappa shape index (κ1) is 28.3. The summed E-state index contributed by atoms with van der Waals surface area (Å²) in [5.74, 6) is -0.133. The zero-order valence-corrected chi connectivity index (χ0v) is 20.0. The van der Waals surface area contributed by atoms with Crippen molar-refractivity contribution in [1.29, 1.82) is 0 Å². The minimum absolute atomic E-state index is 0. The maximum absolute atomic E-state index is 14.5. The Morgan fingerprint density at radius 3 is 2.45 bits per heavy atom. The number of nitrogens with one attached hydrogen (secondary N) is 1. The van der Waals surface area contributed by atoms with Gasteiger partial charge in [-0.3, -0.25) is 14.6 Å². The molecule has 1 aromatic rings. The Kier molecular flexibility index (Phi) is 12.0. The molecular weight excluding hydrogens is 464 g/mol. The Labute approximate surface area is 202 Å². The molecule has 0 radical (unpaired) electrons. The summed E-state index contributed by atoms with van der Waals surface area (Å²) in [7, 11) is 0. The van der Waals surface area contributed by atoms with Crippen molar-refractivity contribution in [2.75, 3.05) is 45.8 Å². The molecule has 2 saturated heterocycles. The summed E-state index contributed by atoms with van der Waals surface area (Å²) >= 11 is 0. The van der Waals surface area contributed by atoms with Gasteiger partial charge in [-0.2, -0.15) is 0 Å². The van der Waals surface area contributed by atoms with Gasteiger partial charge < -0.3 is 10.4 Å². The van der Waals surface area contributed by atoms with Crippen LogP contribution in [0.25, 0.3) is 0 Å².